The van der Waals surface area contributed by atoms with E-state index < -0.39 is 0 Å². The smallest absolute Gasteiger partial charge is 0.227 e. The van der Waals surface area contributed by atoms with Crippen LogP contribution in [-0.4, -0.2) is 57.3 Å². The summed E-state index contributed by atoms with van der Waals surface area (Å²) in [5.74, 6) is 0.900. The molecule has 0 bridgehead atoms. The molecule has 0 atom stereocenters. The molecular weight excluding hydrogens is 294 g/mol. The number of carbonyl (C=O) groups excluding carboxylic acids is 1. The van der Waals surface area contributed by atoms with Gasteiger partial charge in [0.15, 0.2) is 0 Å². The lowest BCUT2D eigenvalue weighted by Crippen LogP contribution is -2.43. The van der Waals surface area contributed by atoms with E-state index in [4.69, 9.17) is 15.2 Å². The topological polar surface area (TPSA) is 68.0 Å². The van der Waals surface area contributed by atoms with Gasteiger partial charge in [-0.2, -0.15) is 0 Å². The van der Waals surface area contributed by atoms with Gasteiger partial charge in [0, 0.05) is 38.2 Å². The monoisotopic (exact) mass is 319 g/mol. The van der Waals surface area contributed by atoms with Crippen molar-refractivity contribution in [1.82, 2.24) is 4.90 Å². The minimum Gasteiger partial charge on any atom is -0.494 e. The molecule has 6 nitrogen and oxygen atoms in total. The van der Waals surface area contributed by atoms with E-state index in [2.05, 4.69) is 4.90 Å². The van der Waals surface area contributed by atoms with E-state index >= 15 is 0 Å². The Bertz CT molecular complexity index is 570. The van der Waals surface area contributed by atoms with Crippen molar-refractivity contribution in [3.8, 4) is 5.75 Å². The van der Waals surface area contributed by atoms with Crippen LogP contribution in [0.25, 0.3) is 0 Å². The molecule has 1 aromatic carbocycles. The van der Waals surface area contributed by atoms with Crippen LogP contribution in [-0.2, 0) is 16.0 Å². The highest BCUT2D eigenvalue weighted by molar-refractivity contribution is 5.96. The van der Waals surface area contributed by atoms with E-state index in [1.807, 2.05) is 17.0 Å². The Morgan fingerprint density at radius 3 is 2.74 bits per heavy atom. The number of fused-ring (bicyclic) bond motifs is 1. The Hall–Kier alpha value is -1.79. The van der Waals surface area contributed by atoms with Gasteiger partial charge in [-0.1, -0.05) is 0 Å². The zero-order valence-corrected chi connectivity index (χ0v) is 13.7. The number of nitrogens with zero attached hydrogens (tertiary/aromatic N) is 2. The Balaban J connectivity index is 1.82. The highest BCUT2D eigenvalue weighted by Crippen LogP contribution is 2.37. The second-order valence-corrected chi connectivity index (χ2v) is 6.04. The van der Waals surface area contributed by atoms with E-state index in [0.29, 0.717) is 24.4 Å². The Morgan fingerprint density at radius 1 is 1.22 bits per heavy atom. The first kappa shape index (κ1) is 16.1. The van der Waals surface area contributed by atoms with E-state index in [1.165, 1.54) is 0 Å². The number of hydrogen-bond donors (Lipinski definition) is 1. The van der Waals surface area contributed by atoms with E-state index in [0.717, 1.165) is 56.9 Å². The predicted octanol–water partition coefficient (Wildman–Crippen LogP) is 1.28. The molecule has 2 aliphatic heterocycles. The van der Waals surface area contributed by atoms with Crippen LogP contribution < -0.4 is 15.4 Å². The summed E-state index contributed by atoms with van der Waals surface area (Å²) < 4.78 is 10.9. The van der Waals surface area contributed by atoms with Gasteiger partial charge in [-0.25, -0.2) is 0 Å². The van der Waals surface area contributed by atoms with Crippen LogP contribution >= 0.6 is 0 Å². The molecule has 0 radical (unpaired) electrons. The Kier molecular flexibility index (Phi) is 5.03. The van der Waals surface area contributed by atoms with Crippen molar-refractivity contribution in [2.45, 2.75) is 19.3 Å². The van der Waals surface area contributed by atoms with Crippen LogP contribution in [0.15, 0.2) is 12.1 Å². The second-order valence-electron chi connectivity index (χ2n) is 6.04. The number of morpholine rings is 1. The average Bonchev–Trinajstić information content (AvgIpc) is 2.72. The van der Waals surface area contributed by atoms with Crippen LogP contribution in [0.4, 0.5) is 11.4 Å². The van der Waals surface area contributed by atoms with Crippen LogP contribution in [0.2, 0.25) is 0 Å². The van der Waals surface area contributed by atoms with Crippen molar-refractivity contribution in [3.05, 3.63) is 17.7 Å². The first-order valence-corrected chi connectivity index (χ1v) is 8.26. The van der Waals surface area contributed by atoms with Gasteiger partial charge >= 0.3 is 0 Å². The maximum absolute atomic E-state index is 12.5. The molecule has 0 aliphatic carbocycles. The zero-order chi connectivity index (χ0) is 16.2. The van der Waals surface area contributed by atoms with Crippen LogP contribution in [0, 0.1) is 0 Å². The van der Waals surface area contributed by atoms with Crippen molar-refractivity contribution in [2.24, 2.45) is 0 Å². The number of amides is 1. The minimum atomic E-state index is 0.184. The molecule has 126 valence electrons. The maximum Gasteiger partial charge on any atom is 0.227 e. The SMILES string of the molecule is COc1c(N)ccc2c1CCCC(=O)N2CCN1CCOCC1. The normalized spacial score (nSPS) is 19.3. The summed E-state index contributed by atoms with van der Waals surface area (Å²) in [7, 11) is 1.64. The summed E-state index contributed by atoms with van der Waals surface area (Å²) in [6.45, 7) is 4.96. The van der Waals surface area contributed by atoms with Gasteiger partial charge in [-0.15, -0.1) is 0 Å². The Labute approximate surface area is 137 Å². The molecule has 1 saturated heterocycles. The third-order valence-electron chi connectivity index (χ3n) is 4.62. The molecule has 3 rings (SSSR count). The lowest BCUT2D eigenvalue weighted by molar-refractivity contribution is -0.118. The molecule has 2 N–H and O–H groups in total. The quantitative estimate of drug-likeness (QED) is 0.847. The van der Waals surface area contributed by atoms with E-state index in [-0.39, 0.29) is 5.91 Å². The molecule has 0 unspecified atom stereocenters. The second kappa shape index (κ2) is 7.19. The van der Waals surface area contributed by atoms with Crippen molar-refractivity contribution in [3.63, 3.8) is 0 Å². The van der Waals surface area contributed by atoms with Gasteiger partial charge in [-0.3, -0.25) is 9.69 Å². The van der Waals surface area contributed by atoms with Crippen molar-refractivity contribution in [1.29, 1.82) is 0 Å². The van der Waals surface area contributed by atoms with Crippen molar-refractivity contribution >= 4 is 17.3 Å². The lowest BCUT2D eigenvalue weighted by Gasteiger charge is -2.30. The molecular formula is C17H25N3O3. The average molecular weight is 319 g/mol. The molecule has 0 saturated carbocycles. The summed E-state index contributed by atoms with van der Waals surface area (Å²) >= 11 is 0. The third-order valence-corrected chi connectivity index (χ3v) is 4.62. The van der Waals surface area contributed by atoms with Gasteiger partial charge in [-0.05, 0) is 25.0 Å². The molecule has 1 fully saturated rings. The number of benzene rings is 1. The van der Waals surface area contributed by atoms with E-state index in [1.54, 1.807) is 7.11 Å². The molecule has 0 aromatic heterocycles. The number of nitrogen functional groups attached to an aromatic ring is 1. The Morgan fingerprint density at radius 2 is 2.00 bits per heavy atom. The number of carbonyl (C=O) groups is 1. The number of hydrogen-bond acceptors (Lipinski definition) is 5. The van der Waals surface area contributed by atoms with Gasteiger partial charge < -0.3 is 20.1 Å². The van der Waals surface area contributed by atoms with Gasteiger partial charge in [0.25, 0.3) is 0 Å². The van der Waals surface area contributed by atoms with Crippen molar-refractivity contribution < 1.29 is 14.3 Å². The summed E-state index contributed by atoms with van der Waals surface area (Å²) in [6, 6.07) is 3.79. The highest BCUT2D eigenvalue weighted by Gasteiger charge is 2.26. The maximum atomic E-state index is 12.5. The summed E-state index contributed by atoms with van der Waals surface area (Å²) in [5.41, 5.74) is 8.67. The first-order valence-electron chi connectivity index (χ1n) is 8.26. The number of rotatable bonds is 4. The molecule has 0 spiro atoms. The van der Waals surface area contributed by atoms with Crippen molar-refractivity contribution in [2.75, 3.05) is 57.1 Å². The van der Waals surface area contributed by atoms with Gasteiger partial charge in [0.1, 0.15) is 5.75 Å². The zero-order valence-electron chi connectivity index (χ0n) is 13.7. The molecule has 2 aliphatic rings. The minimum absolute atomic E-state index is 0.184. The molecule has 1 amide bonds. The molecule has 23 heavy (non-hydrogen) atoms. The molecule has 2 heterocycles. The summed E-state index contributed by atoms with van der Waals surface area (Å²) in [5, 5.41) is 0. The third kappa shape index (κ3) is 3.43. The lowest BCUT2D eigenvalue weighted by atomic mass is 10.0. The number of ether oxygens (including phenoxy) is 2. The highest BCUT2D eigenvalue weighted by atomic mass is 16.5. The van der Waals surface area contributed by atoms with Crippen LogP contribution in [0.1, 0.15) is 18.4 Å². The fourth-order valence-electron chi connectivity index (χ4n) is 3.37. The number of anilines is 2. The number of nitrogens with two attached hydrogens (primary N) is 1. The van der Waals surface area contributed by atoms with Crippen LogP contribution in [0.5, 0.6) is 5.75 Å². The summed E-state index contributed by atoms with van der Waals surface area (Å²) in [6.07, 6.45) is 2.23. The molecule has 1 aromatic rings. The predicted molar refractivity (Wildman–Crippen MR) is 90.0 cm³/mol. The number of methoxy groups -OCH3 is 1. The molecule has 6 heteroatoms. The van der Waals surface area contributed by atoms with Crippen LogP contribution in [0.3, 0.4) is 0 Å². The largest absolute Gasteiger partial charge is 0.494 e. The first-order chi connectivity index (χ1) is 11.2. The fourth-order valence-corrected chi connectivity index (χ4v) is 3.37. The summed E-state index contributed by atoms with van der Waals surface area (Å²) in [4.78, 5) is 16.8. The van der Waals surface area contributed by atoms with E-state index in [9.17, 15) is 4.79 Å². The standard InChI is InChI=1S/C17H25N3O3/c1-22-17-13-3-2-4-16(21)20(15(13)6-5-14(17)18)8-7-19-9-11-23-12-10-19/h5-6H,2-4,7-12,18H2,1H3. The van der Waals surface area contributed by atoms with Gasteiger partial charge in [0.2, 0.25) is 5.91 Å². The fraction of sp³-hybridized carbons (Fsp3) is 0.588. The van der Waals surface area contributed by atoms with Gasteiger partial charge in [0.05, 0.1) is 31.7 Å².